The van der Waals surface area contributed by atoms with Crippen LogP contribution in [0.3, 0.4) is 0 Å². The second kappa shape index (κ2) is 9.03. The standard InChI is InChI=1S/C23H17Cl2N3O2/c24-17-6-9-20(21(25)12-17)22-10-8-19(30-22)13-27-28-23(29)14-26-18-7-5-15-3-1-2-4-16(15)11-18/h1-13,26H,14H2,(H,28,29). The van der Waals surface area contributed by atoms with Gasteiger partial charge >= 0.3 is 0 Å². The number of amides is 1. The van der Waals surface area contributed by atoms with Crippen LogP contribution in [-0.2, 0) is 4.79 Å². The average molecular weight is 438 g/mol. The molecule has 0 aliphatic rings. The molecule has 0 radical (unpaired) electrons. The number of carbonyl (C=O) groups is 1. The van der Waals surface area contributed by atoms with Crippen molar-refractivity contribution in [3.8, 4) is 11.3 Å². The molecular formula is C23H17Cl2N3O2. The van der Waals surface area contributed by atoms with Gasteiger partial charge in [-0.05, 0) is 53.2 Å². The second-order valence-electron chi connectivity index (χ2n) is 6.53. The molecule has 0 atom stereocenters. The van der Waals surface area contributed by atoms with E-state index in [1.165, 1.54) is 6.21 Å². The molecule has 0 saturated carbocycles. The van der Waals surface area contributed by atoms with Crippen LogP contribution in [0.4, 0.5) is 5.69 Å². The van der Waals surface area contributed by atoms with E-state index in [1.807, 2.05) is 42.5 Å². The van der Waals surface area contributed by atoms with E-state index < -0.39 is 0 Å². The molecule has 0 aliphatic carbocycles. The first-order valence-corrected chi connectivity index (χ1v) is 9.94. The fourth-order valence-electron chi connectivity index (χ4n) is 2.95. The molecule has 0 spiro atoms. The first kappa shape index (κ1) is 20.0. The third kappa shape index (κ3) is 4.82. The zero-order chi connectivity index (χ0) is 20.9. The molecule has 1 amide bonds. The lowest BCUT2D eigenvalue weighted by Crippen LogP contribution is -2.25. The maximum atomic E-state index is 12.0. The van der Waals surface area contributed by atoms with E-state index in [0.717, 1.165) is 22.0 Å². The fourth-order valence-corrected chi connectivity index (χ4v) is 3.45. The lowest BCUT2D eigenvalue weighted by molar-refractivity contribution is -0.119. The molecule has 0 bridgehead atoms. The molecule has 30 heavy (non-hydrogen) atoms. The van der Waals surface area contributed by atoms with E-state index in [4.69, 9.17) is 27.6 Å². The van der Waals surface area contributed by atoms with Crippen LogP contribution in [0, 0.1) is 0 Å². The van der Waals surface area contributed by atoms with Gasteiger partial charge in [0.2, 0.25) is 0 Å². The zero-order valence-corrected chi connectivity index (χ0v) is 17.2. The SMILES string of the molecule is O=C(CNc1ccc2ccccc2c1)NN=Cc1ccc(-c2ccc(Cl)cc2Cl)o1. The Morgan fingerprint density at radius 1 is 0.967 bits per heavy atom. The molecule has 0 unspecified atom stereocenters. The van der Waals surface area contributed by atoms with Gasteiger partial charge in [-0.15, -0.1) is 0 Å². The van der Waals surface area contributed by atoms with Gasteiger partial charge in [0.15, 0.2) is 0 Å². The van der Waals surface area contributed by atoms with Gasteiger partial charge in [-0.2, -0.15) is 5.10 Å². The third-order valence-corrected chi connectivity index (χ3v) is 4.95. The van der Waals surface area contributed by atoms with Crippen LogP contribution in [0.2, 0.25) is 10.0 Å². The molecule has 0 saturated heterocycles. The number of nitrogens with one attached hydrogen (secondary N) is 2. The largest absolute Gasteiger partial charge is 0.455 e. The predicted octanol–water partition coefficient (Wildman–Crippen LogP) is 5.97. The minimum atomic E-state index is -0.271. The maximum absolute atomic E-state index is 12.0. The molecule has 3 aromatic carbocycles. The Hall–Kier alpha value is -3.28. The molecule has 5 nitrogen and oxygen atoms in total. The number of hydrogen-bond donors (Lipinski definition) is 2. The van der Waals surface area contributed by atoms with Gasteiger partial charge in [-0.1, -0.05) is 53.5 Å². The number of fused-ring (bicyclic) bond motifs is 1. The van der Waals surface area contributed by atoms with Crippen molar-refractivity contribution >= 4 is 51.8 Å². The van der Waals surface area contributed by atoms with Gasteiger partial charge < -0.3 is 9.73 Å². The van der Waals surface area contributed by atoms with E-state index in [9.17, 15) is 4.79 Å². The van der Waals surface area contributed by atoms with Gasteiger partial charge in [0.1, 0.15) is 11.5 Å². The van der Waals surface area contributed by atoms with Crippen molar-refractivity contribution in [3.63, 3.8) is 0 Å². The van der Waals surface area contributed by atoms with Gasteiger partial charge in [-0.3, -0.25) is 4.79 Å². The molecule has 0 fully saturated rings. The van der Waals surface area contributed by atoms with Crippen LogP contribution in [-0.4, -0.2) is 18.7 Å². The molecule has 150 valence electrons. The smallest absolute Gasteiger partial charge is 0.259 e. The number of furan rings is 1. The van der Waals surface area contributed by atoms with E-state index >= 15 is 0 Å². The summed E-state index contributed by atoms with van der Waals surface area (Å²) in [5.41, 5.74) is 4.06. The number of anilines is 1. The summed E-state index contributed by atoms with van der Waals surface area (Å²) >= 11 is 12.1. The van der Waals surface area contributed by atoms with Crippen molar-refractivity contribution < 1.29 is 9.21 Å². The highest BCUT2D eigenvalue weighted by Crippen LogP contribution is 2.31. The lowest BCUT2D eigenvalue weighted by Gasteiger charge is -2.06. The molecule has 4 rings (SSSR count). The average Bonchev–Trinajstić information content (AvgIpc) is 3.20. The predicted molar refractivity (Wildman–Crippen MR) is 122 cm³/mol. The number of hydrogen-bond acceptors (Lipinski definition) is 4. The highest BCUT2D eigenvalue weighted by Gasteiger charge is 2.08. The Balaban J connectivity index is 1.32. The lowest BCUT2D eigenvalue weighted by atomic mass is 10.1. The summed E-state index contributed by atoms with van der Waals surface area (Å²) < 4.78 is 5.70. The number of rotatable bonds is 6. The monoisotopic (exact) mass is 437 g/mol. The molecular weight excluding hydrogens is 421 g/mol. The highest BCUT2D eigenvalue weighted by atomic mass is 35.5. The number of hydrazone groups is 1. The van der Waals surface area contributed by atoms with E-state index in [-0.39, 0.29) is 12.5 Å². The normalized spacial score (nSPS) is 11.1. The Bertz CT molecular complexity index is 1230. The summed E-state index contributed by atoms with van der Waals surface area (Å²) in [4.78, 5) is 12.0. The number of halogens is 2. The highest BCUT2D eigenvalue weighted by molar-refractivity contribution is 6.36. The van der Waals surface area contributed by atoms with Crippen molar-refractivity contribution in [3.05, 3.63) is 88.6 Å². The van der Waals surface area contributed by atoms with Crippen LogP contribution < -0.4 is 10.7 Å². The van der Waals surface area contributed by atoms with Gasteiger partial charge in [-0.25, -0.2) is 5.43 Å². The Morgan fingerprint density at radius 3 is 2.63 bits per heavy atom. The quantitative estimate of drug-likeness (QED) is 0.288. The first-order chi connectivity index (χ1) is 14.6. The third-order valence-electron chi connectivity index (χ3n) is 4.41. The Morgan fingerprint density at radius 2 is 1.80 bits per heavy atom. The fraction of sp³-hybridized carbons (Fsp3) is 0.0435. The van der Waals surface area contributed by atoms with Gasteiger partial charge in [0.05, 0.1) is 17.8 Å². The topological polar surface area (TPSA) is 66.6 Å². The summed E-state index contributed by atoms with van der Waals surface area (Å²) in [6, 6.07) is 22.7. The molecule has 7 heteroatoms. The van der Waals surface area contributed by atoms with Crippen LogP contribution in [0.1, 0.15) is 5.76 Å². The van der Waals surface area contributed by atoms with Crippen LogP contribution >= 0.6 is 23.2 Å². The van der Waals surface area contributed by atoms with Crippen molar-refractivity contribution in [2.45, 2.75) is 0 Å². The van der Waals surface area contributed by atoms with Crippen LogP contribution in [0.15, 0.2) is 82.3 Å². The molecule has 4 aromatic rings. The summed E-state index contributed by atoms with van der Waals surface area (Å²) in [5.74, 6) is 0.799. The van der Waals surface area contributed by atoms with Crippen LogP contribution in [0.5, 0.6) is 0 Å². The Labute approximate surface area is 183 Å². The number of benzene rings is 3. The molecule has 1 aromatic heterocycles. The van der Waals surface area contributed by atoms with Crippen LogP contribution in [0.25, 0.3) is 22.1 Å². The zero-order valence-electron chi connectivity index (χ0n) is 15.7. The molecule has 0 aliphatic heterocycles. The maximum Gasteiger partial charge on any atom is 0.259 e. The van der Waals surface area contributed by atoms with Crippen molar-refractivity contribution in [1.82, 2.24) is 5.43 Å². The van der Waals surface area contributed by atoms with Crippen molar-refractivity contribution in [2.24, 2.45) is 5.10 Å². The van der Waals surface area contributed by atoms with Crippen molar-refractivity contribution in [2.75, 3.05) is 11.9 Å². The van der Waals surface area contributed by atoms with E-state index in [2.05, 4.69) is 15.8 Å². The number of carbonyl (C=O) groups excluding carboxylic acids is 1. The minimum Gasteiger partial charge on any atom is -0.455 e. The summed E-state index contributed by atoms with van der Waals surface area (Å²) in [6.07, 6.45) is 1.43. The van der Waals surface area contributed by atoms with Gasteiger partial charge in [0, 0.05) is 16.3 Å². The van der Waals surface area contributed by atoms with E-state index in [0.29, 0.717) is 21.6 Å². The summed E-state index contributed by atoms with van der Waals surface area (Å²) in [7, 11) is 0. The molecule has 2 N–H and O–H groups in total. The second-order valence-corrected chi connectivity index (χ2v) is 7.38. The summed E-state index contributed by atoms with van der Waals surface area (Å²) in [5, 5.41) is 10.3. The Kier molecular flexibility index (Phi) is 6.02. The van der Waals surface area contributed by atoms with Gasteiger partial charge in [0.25, 0.3) is 5.91 Å². The van der Waals surface area contributed by atoms with Crippen molar-refractivity contribution in [1.29, 1.82) is 0 Å². The summed E-state index contributed by atoms with van der Waals surface area (Å²) in [6.45, 7) is 0.0967. The number of nitrogens with zero attached hydrogens (tertiary/aromatic N) is 1. The first-order valence-electron chi connectivity index (χ1n) is 9.18. The minimum absolute atomic E-state index is 0.0967. The molecule has 1 heterocycles. The van der Waals surface area contributed by atoms with E-state index in [1.54, 1.807) is 30.3 Å².